The third-order valence-corrected chi connectivity index (χ3v) is 5.51. The molecular formula is C32H34F6. The fourth-order valence-electron chi connectivity index (χ4n) is 2.94. The Labute approximate surface area is 222 Å². The standard InChI is InChI=1S/2C8H8F2.2C8H9F/c2*1-5-3-7(9)6(2)8(10)4-5;2*1-6-3-4-7(2)8(9)5-6/h2*3-4H,1-2H3;2*3-5H,1-2H3. The van der Waals surface area contributed by atoms with E-state index in [1.807, 2.05) is 26.0 Å². The highest BCUT2D eigenvalue weighted by molar-refractivity contribution is 5.25. The van der Waals surface area contributed by atoms with Crippen LogP contribution in [0, 0.1) is 90.3 Å². The lowest BCUT2D eigenvalue weighted by Gasteiger charge is -1.98. The van der Waals surface area contributed by atoms with E-state index in [0.717, 1.165) is 11.1 Å². The van der Waals surface area contributed by atoms with Crippen LogP contribution in [0.3, 0.4) is 0 Å². The highest BCUT2D eigenvalue weighted by Gasteiger charge is 2.04. The molecule has 4 rings (SSSR count). The normalized spacial score (nSPS) is 9.84. The van der Waals surface area contributed by atoms with Crippen LogP contribution in [0.5, 0.6) is 0 Å². The van der Waals surface area contributed by atoms with E-state index in [4.69, 9.17) is 0 Å². The minimum atomic E-state index is -0.475. The fraction of sp³-hybridized carbons (Fsp3) is 0.250. The summed E-state index contributed by atoms with van der Waals surface area (Å²) in [5, 5.41) is 0. The predicted molar refractivity (Wildman–Crippen MR) is 143 cm³/mol. The second kappa shape index (κ2) is 15.0. The van der Waals surface area contributed by atoms with Crippen LogP contribution in [0.25, 0.3) is 0 Å². The molecule has 0 amide bonds. The maximum absolute atomic E-state index is 12.6. The number of benzene rings is 4. The van der Waals surface area contributed by atoms with Gasteiger partial charge in [-0.05, 0) is 125 Å². The van der Waals surface area contributed by atoms with Gasteiger partial charge in [0.25, 0.3) is 0 Å². The van der Waals surface area contributed by atoms with Gasteiger partial charge in [0, 0.05) is 11.1 Å². The minimum absolute atomic E-state index is 0.0885. The topological polar surface area (TPSA) is 0 Å². The third kappa shape index (κ3) is 10.8. The molecule has 4 aromatic rings. The van der Waals surface area contributed by atoms with Crippen LogP contribution in [0.1, 0.15) is 44.5 Å². The Morgan fingerprint density at radius 2 is 0.553 bits per heavy atom. The van der Waals surface area contributed by atoms with Crippen LogP contribution in [-0.2, 0) is 0 Å². The summed E-state index contributed by atoms with van der Waals surface area (Å²) in [7, 11) is 0. The maximum Gasteiger partial charge on any atom is 0.129 e. The van der Waals surface area contributed by atoms with Crippen molar-refractivity contribution in [1.29, 1.82) is 0 Å². The Balaban J connectivity index is 0.000000254. The molecule has 0 aliphatic heterocycles. The van der Waals surface area contributed by atoms with Crippen LogP contribution in [0.15, 0.2) is 60.7 Å². The molecule has 0 aliphatic carbocycles. The van der Waals surface area contributed by atoms with E-state index in [1.165, 1.54) is 50.2 Å². The van der Waals surface area contributed by atoms with Gasteiger partial charge in [-0.25, -0.2) is 26.3 Å². The Bertz CT molecular complexity index is 1210. The van der Waals surface area contributed by atoms with Crippen LogP contribution in [-0.4, -0.2) is 0 Å². The van der Waals surface area contributed by atoms with Crippen molar-refractivity contribution in [3.05, 3.63) is 140 Å². The molecule has 0 radical (unpaired) electrons. The zero-order valence-electron chi connectivity index (χ0n) is 23.0. The molecule has 0 spiro atoms. The minimum Gasteiger partial charge on any atom is -0.207 e. The lowest BCUT2D eigenvalue weighted by molar-refractivity contribution is 0.565. The molecule has 204 valence electrons. The first-order valence-electron chi connectivity index (χ1n) is 11.9. The quantitative estimate of drug-likeness (QED) is 0.198. The van der Waals surface area contributed by atoms with Crippen molar-refractivity contribution >= 4 is 0 Å². The summed E-state index contributed by atoms with van der Waals surface area (Å²) in [4.78, 5) is 0. The molecule has 0 N–H and O–H groups in total. The van der Waals surface area contributed by atoms with E-state index in [-0.39, 0.29) is 22.8 Å². The number of hydrogen-bond donors (Lipinski definition) is 0. The summed E-state index contributed by atoms with van der Waals surface area (Å²) in [5.41, 5.74) is 4.76. The Kier molecular flexibility index (Phi) is 12.8. The molecule has 0 nitrogen and oxygen atoms in total. The molecule has 38 heavy (non-hydrogen) atoms. The van der Waals surface area contributed by atoms with Crippen LogP contribution in [0.4, 0.5) is 26.3 Å². The summed E-state index contributed by atoms with van der Waals surface area (Å²) in [6.45, 7) is 13.4. The monoisotopic (exact) mass is 532 g/mol. The zero-order chi connectivity index (χ0) is 29.2. The van der Waals surface area contributed by atoms with Gasteiger partial charge in [-0.2, -0.15) is 0 Å². The van der Waals surface area contributed by atoms with Crippen molar-refractivity contribution in [2.24, 2.45) is 0 Å². The molecular weight excluding hydrogens is 498 g/mol. The van der Waals surface area contributed by atoms with Crippen molar-refractivity contribution in [1.82, 2.24) is 0 Å². The van der Waals surface area contributed by atoms with Gasteiger partial charge < -0.3 is 0 Å². The van der Waals surface area contributed by atoms with Gasteiger partial charge in [0.2, 0.25) is 0 Å². The molecule has 0 saturated heterocycles. The maximum atomic E-state index is 12.6. The molecule has 0 heterocycles. The first kappa shape index (κ1) is 32.5. The number of aryl methyl sites for hydroxylation is 6. The lowest BCUT2D eigenvalue weighted by atomic mass is 10.1. The number of halogens is 6. The second-order valence-corrected chi connectivity index (χ2v) is 9.21. The molecule has 4 aromatic carbocycles. The molecule has 0 aliphatic rings. The SMILES string of the molecule is Cc1cc(F)c(C)c(F)c1.Cc1cc(F)c(C)c(F)c1.Cc1ccc(C)c(F)c1.Cc1ccc(C)c(F)c1. The first-order chi connectivity index (χ1) is 17.6. The van der Waals surface area contributed by atoms with E-state index in [0.29, 0.717) is 22.3 Å². The molecule has 6 heteroatoms. The molecule has 0 fully saturated rings. The van der Waals surface area contributed by atoms with E-state index in [2.05, 4.69) is 0 Å². The van der Waals surface area contributed by atoms with Crippen LogP contribution in [0.2, 0.25) is 0 Å². The molecule has 0 aromatic heterocycles. The number of rotatable bonds is 0. The van der Waals surface area contributed by atoms with Gasteiger partial charge >= 0.3 is 0 Å². The molecule has 0 unspecified atom stereocenters. The Morgan fingerprint density at radius 3 is 0.763 bits per heavy atom. The smallest absolute Gasteiger partial charge is 0.129 e. The van der Waals surface area contributed by atoms with Crippen molar-refractivity contribution in [2.45, 2.75) is 55.4 Å². The fourth-order valence-corrected chi connectivity index (χ4v) is 2.94. The van der Waals surface area contributed by atoms with E-state index in [1.54, 1.807) is 39.8 Å². The average Bonchev–Trinajstić information content (AvgIpc) is 2.82. The lowest BCUT2D eigenvalue weighted by Crippen LogP contribution is -1.89. The summed E-state index contributed by atoms with van der Waals surface area (Å²) in [5.74, 6) is -2.13. The van der Waals surface area contributed by atoms with Gasteiger partial charge in [-0.1, -0.05) is 24.3 Å². The van der Waals surface area contributed by atoms with Crippen molar-refractivity contribution < 1.29 is 26.3 Å². The van der Waals surface area contributed by atoms with E-state index < -0.39 is 23.3 Å². The Hall–Kier alpha value is -3.54. The van der Waals surface area contributed by atoms with Crippen molar-refractivity contribution in [3.8, 4) is 0 Å². The Morgan fingerprint density at radius 1 is 0.316 bits per heavy atom. The molecule has 0 bridgehead atoms. The first-order valence-corrected chi connectivity index (χ1v) is 11.9. The van der Waals surface area contributed by atoms with Gasteiger partial charge in [0.15, 0.2) is 0 Å². The van der Waals surface area contributed by atoms with Crippen molar-refractivity contribution in [2.75, 3.05) is 0 Å². The average molecular weight is 533 g/mol. The van der Waals surface area contributed by atoms with Crippen LogP contribution < -0.4 is 0 Å². The summed E-state index contributed by atoms with van der Waals surface area (Å²) < 4.78 is 75.6. The number of hydrogen-bond acceptors (Lipinski definition) is 0. The highest BCUT2D eigenvalue weighted by atomic mass is 19.2. The van der Waals surface area contributed by atoms with E-state index >= 15 is 0 Å². The summed E-state index contributed by atoms with van der Waals surface area (Å²) >= 11 is 0. The molecule has 0 saturated carbocycles. The van der Waals surface area contributed by atoms with Gasteiger partial charge in [0.05, 0.1) is 0 Å². The van der Waals surface area contributed by atoms with Gasteiger partial charge in [0.1, 0.15) is 34.9 Å². The van der Waals surface area contributed by atoms with Crippen LogP contribution >= 0.6 is 0 Å². The predicted octanol–water partition coefficient (Wildman–Crippen LogP) is 10.0. The summed E-state index contributed by atoms with van der Waals surface area (Å²) in [6.07, 6.45) is 0. The second-order valence-electron chi connectivity index (χ2n) is 9.21. The van der Waals surface area contributed by atoms with Gasteiger partial charge in [-0.3, -0.25) is 0 Å². The van der Waals surface area contributed by atoms with E-state index in [9.17, 15) is 26.3 Å². The highest BCUT2D eigenvalue weighted by Crippen LogP contribution is 2.14. The molecule has 0 atom stereocenters. The third-order valence-electron chi connectivity index (χ3n) is 5.51. The summed E-state index contributed by atoms with van der Waals surface area (Å²) in [6, 6.07) is 15.7. The largest absolute Gasteiger partial charge is 0.207 e. The zero-order valence-corrected chi connectivity index (χ0v) is 23.0. The van der Waals surface area contributed by atoms with Crippen molar-refractivity contribution in [3.63, 3.8) is 0 Å². The van der Waals surface area contributed by atoms with Gasteiger partial charge in [-0.15, -0.1) is 0 Å².